The Morgan fingerprint density at radius 3 is 2.67 bits per heavy atom. The molecule has 1 fully saturated rings. The van der Waals surface area contributed by atoms with Crippen LogP contribution in [0.4, 0.5) is 29.3 Å². The first-order chi connectivity index (χ1) is 17.3. The van der Waals surface area contributed by atoms with E-state index in [9.17, 15) is 18.0 Å². The van der Waals surface area contributed by atoms with Crippen LogP contribution in [-0.4, -0.2) is 59.7 Å². The summed E-state index contributed by atoms with van der Waals surface area (Å²) in [5, 5.41) is 2.70. The van der Waals surface area contributed by atoms with Crippen LogP contribution in [0.1, 0.15) is 31.0 Å². The lowest BCUT2D eigenvalue weighted by atomic mass is 10.00. The van der Waals surface area contributed by atoms with E-state index in [0.717, 1.165) is 6.42 Å². The van der Waals surface area contributed by atoms with Crippen LogP contribution in [0.3, 0.4) is 0 Å². The van der Waals surface area contributed by atoms with Gasteiger partial charge in [0.25, 0.3) is 6.43 Å². The molecule has 2 amide bonds. The van der Waals surface area contributed by atoms with Crippen LogP contribution < -0.4 is 10.2 Å². The van der Waals surface area contributed by atoms with E-state index in [-0.39, 0.29) is 17.4 Å². The summed E-state index contributed by atoms with van der Waals surface area (Å²) in [5.74, 6) is -0.537. The predicted octanol–water partition coefficient (Wildman–Crippen LogP) is 5.41. The van der Waals surface area contributed by atoms with Crippen LogP contribution in [0.25, 0.3) is 16.8 Å². The minimum atomic E-state index is -2.70. The fraction of sp³-hybridized carbons (Fsp3) is 0.385. The van der Waals surface area contributed by atoms with Gasteiger partial charge in [0.1, 0.15) is 11.5 Å². The topological polar surface area (TPSA) is 62.1 Å². The number of aryl methyl sites for hydroxylation is 1. The number of urea groups is 1. The summed E-state index contributed by atoms with van der Waals surface area (Å²) < 4.78 is 48.9. The molecule has 1 N–H and O–H groups in total. The molecule has 2 aliphatic heterocycles. The highest BCUT2D eigenvalue weighted by atomic mass is 19.3. The Balaban J connectivity index is 1.53. The molecule has 0 saturated carbocycles. The molecule has 0 bridgehead atoms. The number of amides is 2. The number of benzene rings is 1. The molecular formula is C26H28F3N5O2. The Kier molecular flexibility index (Phi) is 6.61. The van der Waals surface area contributed by atoms with Crippen LogP contribution in [0.5, 0.6) is 0 Å². The molecule has 0 aliphatic carbocycles. The molecule has 1 saturated heterocycles. The van der Waals surface area contributed by atoms with Gasteiger partial charge in [-0.05, 0) is 42.7 Å². The predicted molar refractivity (Wildman–Crippen MR) is 132 cm³/mol. The third kappa shape index (κ3) is 4.65. The van der Waals surface area contributed by atoms with Crippen LogP contribution in [0, 0.1) is 12.7 Å². The number of hydrogen-bond acceptors (Lipinski definition) is 4. The number of morpholine rings is 1. The number of hydrogen-bond donors (Lipinski definition) is 1. The smallest absolute Gasteiger partial charge is 0.322 e. The number of halogens is 3. The number of ether oxygens (including phenoxy) is 1. The van der Waals surface area contributed by atoms with Gasteiger partial charge in [-0.25, -0.2) is 22.9 Å². The van der Waals surface area contributed by atoms with Gasteiger partial charge in [-0.3, -0.25) is 0 Å². The molecule has 4 heterocycles. The van der Waals surface area contributed by atoms with Gasteiger partial charge in [0.2, 0.25) is 0 Å². The van der Waals surface area contributed by atoms with E-state index in [1.54, 1.807) is 28.5 Å². The van der Waals surface area contributed by atoms with Gasteiger partial charge in [0.15, 0.2) is 5.65 Å². The molecule has 10 heteroatoms. The zero-order chi connectivity index (χ0) is 25.4. The lowest BCUT2D eigenvalue weighted by Gasteiger charge is -2.29. The maximum atomic E-state index is 14.9. The Hall–Kier alpha value is -3.53. The Labute approximate surface area is 207 Å². The lowest BCUT2D eigenvalue weighted by molar-refractivity contribution is 0.123. The Morgan fingerprint density at radius 1 is 1.19 bits per heavy atom. The number of aromatic nitrogens is 2. The van der Waals surface area contributed by atoms with Crippen molar-refractivity contribution in [2.75, 3.05) is 49.6 Å². The summed E-state index contributed by atoms with van der Waals surface area (Å²) in [5.41, 5.74) is 4.10. The molecule has 1 aromatic carbocycles. The van der Waals surface area contributed by atoms with Gasteiger partial charge < -0.3 is 24.3 Å². The minimum Gasteiger partial charge on any atom is -0.378 e. The third-order valence-electron chi connectivity index (χ3n) is 6.73. The van der Waals surface area contributed by atoms with Gasteiger partial charge in [0, 0.05) is 44.1 Å². The van der Waals surface area contributed by atoms with E-state index in [1.807, 2.05) is 19.1 Å². The number of pyridine rings is 1. The van der Waals surface area contributed by atoms with Crippen LogP contribution in [0.2, 0.25) is 0 Å². The van der Waals surface area contributed by atoms with Gasteiger partial charge in [0.05, 0.1) is 24.6 Å². The standard InChI is InChI=1S/C26H28F3N5O2/c1-3-17-4-5-33(13-17)26(35)31-21-12-19(16(2)10-20(21)27)18-11-23(32-6-8-36-9-7-32)25-30-22(24(28)29)15-34(25)14-18/h4,10-12,14-15,24H,3,5-9,13H2,1-2H3,(H,31,35). The molecule has 0 radical (unpaired) electrons. The average molecular weight is 500 g/mol. The van der Waals surface area contributed by atoms with Gasteiger partial charge in [-0.15, -0.1) is 0 Å². The summed E-state index contributed by atoms with van der Waals surface area (Å²) in [6, 6.07) is 4.49. The highest BCUT2D eigenvalue weighted by molar-refractivity contribution is 5.91. The van der Waals surface area contributed by atoms with Crippen molar-refractivity contribution in [1.29, 1.82) is 0 Å². The van der Waals surface area contributed by atoms with E-state index < -0.39 is 12.2 Å². The molecule has 7 nitrogen and oxygen atoms in total. The van der Waals surface area contributed by atoms with Crippen molar-refractivity contribution < 1.29 is 22.7 Å². The number of carbonyl (C=O) groups excluding carboxylic acids is 1. The largest absolute Gasteiger partial charge is 0.378 e. The Bertz CT molecular complexity index is 1330. The van der Waals surface area contributed by atoms with Crippen LogP contribution >= 0.6 is 0 Å². The molecule has 2 aliphatic rings. The number of nitrogens with zero attached hydrogens (tertiary/aromatic N) is 4. The van der Waals surface area contributed by atoms with Gasteiger partial charge in [-0.1, -0.05) is 18.6 Å². The summed E-state index contributed by atoms with van der Waals surface area (Å²) >= 11 is 0. The first kappa shape index (κ1) is 24.2. The molecule has 5 rings (SSSR count). The number of fused-ring (bicyclic) bond motifs is 1. The monoisotopic (exact) mass is 499 g/mol. The fourth-order valence-corrected chi connectivity index (χ4v) is 4.69. The minimum absolute atomic E-state index is 0.0671. The van der Waals surface area contributed by atoms with Crippen LogP contribution in [-0.2, 0) is 4.74 Å². The zero-order valence-corrected chi connectivity index (χ0v) is 20.2. The lowest BCUT2D eigenvalue weighted by Crippen LogP contribution is -2.36. The molecule has 0 unspecified atom stereocenters. The van der Waals surface area contributed by atoms with Crippen molar-refractivity contribution in [3.63, 3.8) is 0 Å². The van der Waals surface area contributed by atoms with Crippen molar-refractivity contribution in [2.45, 2.75) is 26.7 Å². The highest BCUT2D eigenvalue weighted by Gasteiger charge is 2.23. The maximum Gasteiger partial charge on any atom is 0.322 e. The fourth-order valence-electron chi connectivity index (χ4n) is 4.69. The van der Waals surface area contributed by atoms with Gasteiger partial charge in [-0.2, -0.15) is 0 Å². The molecule has 3 aromatic rings. The maximum absolute atomic E-state index is 14.9. The molecule has 0 atom stereocenters. The summed E-state index contributed by atoms with van der Waals surface area (Å²) in [7, 11) is 0. The van der Waals surface area contributed by atoms with E-state index in [0.29, 0.717) is 67.4 Å². The normalized spacial score (nSPS) is 16.2. The van der Waals surface area contributed by atoms with Crippen molar-refractivity contribution in [1.82, 2.24) is 14.3 Å². The molecule has 190 valence electrons. The number of rotatable bonds is 5. The highest BCUT2D eigenvalue weighted by Crippen LogP contribution is 2.34. The molecular weight excluding hydrogens is 471 g/mol. The van der Waals surface area contributed by atoms with E-state index >= 15 is 0 Å². The van der Waals surface area contributed by atoms with E-state index in [4.69, 9.17) is 4.74 Å². The number of imidazole rings is 1. The summed E-state index contributed by atoms with van der Waals surface area (Å²) in [6.07, 6.45) is 3.20. The van der Waals surface area contributed by atoms with Crippen molar-refractivity contribution in [2.24, 2.45) is 0 Å². The summed E-state index contributed by atoms with van der Waals surface area (Å²) in [4.78, 5) is 20.6. The van der Waals surface area contributed by atoms with Crippen molar-refractivity contribution in [3.8, 4) is 11.1 Å². The third-order valence-corrected chi connectivity index (χ3v) is 6.73. The number of carbonyl (C=O) groups is 1. The second-order valence-electron chi connectivity index (χ2n) is 9.08. The van der Waals surface area contributed by atoms with Crippen molar-refractivity contribution in [3.05, 3.63) is 59.3 Å². The summed E-state index contributed by atoms with van der Waals surface area (Å²) in [6.45, 7) is 7.07. The average Bonchev–Trinajstić information content (AvgIpc) is 3.53. The van der Waals surface area contributed by atoms with Gasteiger partial charge >= 0.3 is 6.03 Å². The van der Waals surface area contributed by atoms with Crippen LogP contribution in [0.15, 0.2) is 42.2 Å². The second kappa shape index (κ2) is 9.85. The number of nitrogens with one attached hydrogen (secondary N) is 1. The first-order valence-electron chi connectivity index (χ1n) is 12.0. The quantitative estimate of drug-likeness (QED) is 0.477. The van der Waals surface area contributed by atoms with E-state index in [2.05, 4.69) is 15.2 Å². The number of anilines is 2. The van der Waals surface area contributed by atoms with E-state index in [1.165, 1.54) is 17.8 Å². The number of alkyl halides is 2. The molecule has 2 aromatic heterocycles. The molecule has 0 spiro atoms. The second-order valence-corrected chi connectivity index (χ2v) is 9.08. The molecule has 36 heavy (non-hydrogen) atoms. The first-order valence-corrected chi connectivity index (χ1v) is 12.0. The van der Waals surface area contributed by atoms with Crippen molar-refractivity contribution >= 4 is 23.1 Å². The zero-order valence-electron chi connectivity index (χ0n) is 20.2. The SMILES string of the molecule is CCC1=CCN(C(=O)Nc2cc(-c3cc(N4CCOCC4)c4nc(C(F)F)cn4c3)c(C)cc2F)C1. The Morgan fingerprint density at radius 2 is 1.97 bits per heavy atom.